The lowest BCUT2D eigenvalue weighted by Crippen LogP contribution is -2.37. The molecule has 1 fully saturated rings. The van der Waals surface area contributed by atoms with Crippen molar-refractivity contribution in [3.05, 3.63) is 0 Å². The van der Waals surface area contributed by atoms with Crippen LogP contribution in [0.2, 0.25) is 0 Å². The number of piperidine rings is 1. The molecule has 1 aliphatic heterocycles. The van der Waals surface area contributed by atoms with E-state index >= 15 is 0 Å². The maximum absolute atomic E-state index is 3.80. The van der Waals surface area contributed by atoms with Gasteiger partial charge >= 0.3 is 0 Å². The van der Waals surface area contributed by atoms with Crippen LogP contribution in [-0.4, -0.2) is 37.1 Å². The summed E-state index contributed by atoms with van der Waals surface area (Å²) in [4.78, 5) is 2.65. The molecular weight excluding hydrogens is 244 g/mol. The Kier molecular flexibility index (Phi) is 8.79. The van der Waals surface area contributed by atoms with Crippen LogP contribution in [0.25, 0.3) is 0 Å². The van der Waals surface area contributed by atoms with Crippen LogP contribution in [0, 0.1) is 17.8 Å². The minimum absolute atomic E-state index is 0.719. The summed E-state index contributed by atoms with van der Waals surface area (Å²) in [6.07, 6.45) is 6.74. The fourth-order valence-corrected chi connectivity index (χ4v) is 3.30. The molecule has 0 aromatic heterocycles. The molecule has 1 aliphatic rings. The van der Waals surface area contributed by atoms with Gasteiger partial charge in [0.1, 0.15) is 0 Å². The summed E-state index contributed by atoms with van der Waals surface area (Å²) < 4.78 is 0. The molecule has 1 rings (SSSR count). The van der Waals surface area contributed by atoms with Crippen LogP contribution in [0.5, 0.6) is 0 Å². The summed E-state index contributed by atoms with van der Waals surface area (Å²) in [5.74, 6) is 2.55. The SMILES string of the molecule is CC(C)CC(CC(C)C)NCCCN1CCC(C)CC1. The predicted octanol–water partition coefficient (Wildman–Crippen LogP) is 4.16. The molecule has 0 aromatic carbocycles. The van der Waals surface area contributed by atoms with Gasteiger partial charge in [0, 0.05) is 6.04 Å². The van der Waals surface area contributed by atoms with E-state index in [0.29, 0.717) is 0 Å². The van der Waals surface area contributed by atoms with Gasteiger partial charge in [-0.15, -0.1) is 0 Å². The highest BCUT2D eigenvalue weighted by atomic mass is 15.1. The highest BCUT2D eigenvalue weighted by molar-refractivity contribution is 4.72. The van der Waals surface area contributed by atoms with Gasteiger partial charge in [-0.3, -0.25) is 0 Å². The molecule has 0 saturated carbocycles. The van der Waals surface area contributed by atoms with Crippen molar-refractivity contribution < 1.29 is 0 Å². The topological polar surface area (TPSA) is 15.3 Å². The van der Waals surface area contributed by atoms with Gasteiger partial charge in [-0.25, -0.2) is 0 Å². The molecule has 0 aromatic rings. The molecule has 1 heterocycles. The van der Waals surface area contributed by atoms with E-state index < -0.39 is 0 Å². The van der Waals surface area contributed by atoms with E-state index in [2.05, 4.69) is 44.8 Å². The average Bonchev–Trinajstić information content (AvgIpc) is 2.35. The van der Waals surface area contributed by atoms with Crippen LogP contribution in [0.4, 0.5) is 0 Å². The number of likely N-dealkylation sites (tertiary alicyclic amines) is 1. The van der Waals surface area contributed by atoms with Gasteiger partial charge in [-0.05, 0) is 76.0 Å². The Morgan fingerprint density at radius 1 is 1.00 bits per heavy atom. The zero-order valence-electron chi connectivity index (χ0n) is 14.6. The minimum atomic E-state index is 0.719. The van der Waals surface area contributed by atoms with E-state index in [0.717, 1.165) is 23.8 Å². The van der Waals surface area contributed by atoms with Gasteiger partial charge in [-0.2, -0.15) is 0 Å². The van der Waals surface area contributed by atoms with Gasteiger partial charge in [0.15, 0.2) is 0 Å². The van der Waals surface area contributed by atoms with E-state index in [-0.39, 0.29) is 0 Å². The summed E-state index contributed by atoms with van der Waals surface area (Å²) in [6.45, 7) is 16.9. The van der Waals surface area contributed by atoms with E-state index in [4.69, 9.17) is 0 Å². The summed E-state index contributed by atoms with van der Waals surface area (Å²) in [5.41, 5.74) is 0. The fourth-order valence-electron chi connectivity index (χ4n) is 3.30. The first-order valence-corrected chi connectivity index (χ1v) is 8.93. The van der Waals surface area contributed by atoms with Gasteiger partial charge in [0.2, 0.25) is 0 Å². The third-order valence-electron chi connectivity index (χ3n) is 4.47. The Bertz CT molecular complexity index is 220. The largest absolute Gasteiger partial charge is 0.314 e. The Labute approximate surface area is 127 Å². The highest BCUT2D eigenvalue weighted by Gasteiger charge is 2.15. The van der Waals surface area contributed by atoms with Crippen molar-refractivity contribution >= 4 is 0 Å². The molecule has 20 heavy (non-hydrogen) atoms. The van der Waals surface area contributed by atoms with E-state index in [1.165, 1.54) is 58.3 Å². The first kappa shape index (κ1) is 18.0. The molecule has 0 atom stereocenters. The molecule has 0 spiro atoms. The second-order valence-corrected chi connectivity index (χ2v) is 7.79. The summed E-state index contributed by atoms with van der Waals surface area (Å²) in [7, 11) is 0. The molecule has 0 amide bonds. The third kappa shape index (κ3) is 8.26. The number of nitrogens with zero attached hydrogens (tertiary/aromatic N) is 1. The van der Waals surface area contributed by atoms with Gasteiger partial charge in [0.05, 0.1) is 0 Å². The average molecular weight is 283 g/mol. The molecule has 1 N–H and O–H groups in total. The summed E-state index contributed by atoms with van der Waals surface area (Å²) >= 11 is 0. The monoisotopic (exact) mass is 282 g/mol. The number of hydrogen-bond acceptors (Lipinski definition) is 2. The van der Waals surface area contributed by atoms with E-state index in [9.17, 15) is 0 Å². The summed E-state index contributed by atoms with van der Waals surface area (Å²) in [5, 5.41) is 3.80. The molecule has 1 saturated heterocycles. The second-order valence-electron chi connectivity index (χ2n) is 7.79. The molecular formula is C18H38N2. The molecule has 0 radical (unpaired) electrons. The lowest BCUT2D eigenvalue weighted by atomic mass is 9.95. The lowest BCUT2D eigenvalue weighted by Gasteiger charge is -2.30. The van der Waals surface area contributed by atoms with Crippen LogP contribution >= 0.6 is 0 Å². The normalized spacial score (nSPS) is 18.6. The fraction of sp³-hybridized carbons (Fsp3) is 1.00. The van der Waals surface area contributed by atoms with Crippen molar-refractivity contribution in [2.75, 3.05) is 26.2 Å². The first-order chi connectivity index (χ1) is 9.47. The number of hydrogen-bond donors (Lipinski definition) is 1. The summed E-state index contributed by atoms with van der Waals surface area (Å²) in [6, 6.07) is 0.719. The van der Waals surface area contributed by atoms with Crippen molar-refractivity contribution in [2.24, 2.45) is 17.8 Å². The Morgan fingerprint density at radius 3 is 2.05 bits per heavy atom. The quantitative estimate of drug-likeness (QED) is 0.639. The molecule has 0 bridgehead atoms. The van der Waals surface area contributed by atoms with Crippen molar-refractivity contribution in [3.8, 4) is 0 Å². The predicted molar refractivity (Wildman–Crippen MR) is 90.2 cm³/mol. The maximum atomic E-state index is 3.80. The van der Waals surface area contributed by atoms with E-state index in [1.807, 2.05) is 0 Å². The molecule has 120 valence electrons. The van der Waals surface area contributed by atoms with Gasteiger partial charge in [0.25, 0.3) is 0 Å². The molecule has 2 heteroatoms. The minimum Gasteiger partial charge on any atom is -0.314 e. The molecule has 2 nitrogen and oxygen atoms in total. The molecule has 0 unspecified atom stereocenters. The number of rotatable bonds is 9. The Balaban J connectivity index is 2.13. The van der Waals surface area contributed by atoms with Crippen LogP contribution in [-0.2, 0) is 0 Å². The zero-order valence-corrected chi connectivity index (χ0v) is 14.6. The second kappa shape index (κ2) is 9.78. The van der Waals surface area contributed by atoms with Crippen LogP contribution < -0.4 is 5.32 Å². The Morgan fingerprint density at radius 2 is 1.55 bits per heavy atom. The number of nitrogens with one attached hydrogen (secondary N) is 1. The van der Waals surface area contributed by atoms with Crippen molar-refractivity contribution in [1.82, 2.24) is 10.2 Å². The first-order valence-electron chi connectivity index (χ1n) is 8.93. The zero-order chi connectivity index (χ0) is 15.0. The third-order valence-corrected chi connectivity index (χ3v) is 4.47. The van der Waals surface area contributed by atoms with Crippen molar-refractivity contribution in [1.29, 1.82) is 0 Å². The lowest BCUT2D eigenvalue weighted by molar-refractivity contribution is 0.189. The van der Waals surface area contributed by atoms with Gasteiger partial charge in [-0.1, -0.05) is 34.6 Å². The van der Waals surface area contributed by atoms with Crippen LogP contribution in [0.3, 0.4) is 0 Å². The van der Waals surface area contributed by atoms with Crippen molar-refractivity contribution in [2.45, 2.75) is 72.8 Å². The van der Waals surface area contributed by atoms with Crippen LogP contribution in [0.1, 0.15) is 66.7 Å². The highest BCUT2D eigenvalue weighted by Crippen LogP contribution is 2.16. The van der Waals surface area contributed by atoms with Crippen molar-refractivity contribution in [3.63, 3.8) is 0 Å². The standard InChI is InChI=1S/C18H38N2/c1-15(2)13-18(14-16(3)4)19-9-6-10-20-11-7-17(5)8-12-20/h15-19H,6-14H2,1-5H3. The smallest absolute Gasteiger partial charge is 0.00719 e. The maximum Gasteiger partial charge on any atom is 0.00719 e. The van der Waals surface area contributed by atoms with E-state index in [1.54, 1.807) is 0 Å². The molecule has 0 aliphatic carbocycles. The van der Waals surface area contributed by atoms with Crippen LogP contribution in [0.15, 0.2) is 0 Å². The van der Waals surface area contributed by atoms with Gasteiger partial charge < -0.3 is 10.2 Å². The Hall–Kier alpha value is -0.0800.